The zero-order valence-corrected chi connectivity index (χ0v) is 21.5. The van der Waals surface area contributed by atoms with Crippen LogP contribution in [0.25, 0.3) is 5.65 Å². The first-order chi connectivity index (χ1) is 18.4. The number of hydrogen-bond donors (Lipinski definition) is 3. The Morgan fingerprint density at radius 2 is 1.89 bits per heavy atom. The Kier molecular flexibility index (Phi) is 5.13. The van der Waals surface area contributed by atoms with Gasteiger partial charge in [0.25, 0.3) is 5.91 Å². The van der Waals surface area contributed by atoms with Gasteiger partial charge >= 0.3 is 0 Å². The highest BCUT2D eigenvalue weighted by atomic mass is 16.2. The lowest BCUT2D eigenvalue weighted by atomic mass is 9.96. The van der Waals surface area contributed by atoms with Crippen molar-refractivity contribution in [2.45, 2.75) is 50.0 Å². The van der Waals surface area contributed by atoms with Crippen molar-refractivity contribution in [2.24, 2.45) is 11.1 Å². The number of aromatic nitrogens is 5. The summed E-state index contributed by atoms with van der Waals surface area (Å²) in [5.41, 5.74) is 7.68. The lowest BCUT2D eigenvalue weighted by Crippen LogP contribution is -2.60. The van der Waals surface area contributed by atoms with Crippen LogP contribution in [0.5, 0.6) is 0 Å². The van der Waals surface area contributed by atoms with Gasteiger partial charge in [-0.15, -0.1) is 10.2 Å². The van der Waals surface area contributed by atoms with Crippen LogP contribution in [0.15, 0.2) is 24.4 Å². The van der Waals surface area contributed by atoms with E-state index in [1.165, 1.54) is 39.4 Å². The molecule has 198 valence electrons. The van der Waals surface area contributed by atoms with Gasteiger partial charge < -0.3 is 21.3 Å². The van der Waals surface area contributed by atoms with Crippen molar-refractivity contribution in [3.05, 3.63) is 35.8 Å². The van der Waals surface area contributed by atoms with E-state index >= 15 is 0 Å². The van der Waals surface area contributed by atoms with Crippen LogP contribution < -0.4 is 21.3 Å². The van der Waals surface area contributed by atoms with E-state index in [4.69, 9.17) is 5.73 Å². The predicted molar refractivity (Wildman–Crippen MR) is 140 cm³/mol. The molecule has 2 aliphatic heterocycles. The van der Waals surface area contributed by atoms with Gasteiger partial charge in [0.05, 0.1) is 28.7 Å². The number of carbonyl (C=O) groups excluding carboxylic acids is 2. The second kappa shape index (κ2) is 8.35. The van der Waals surface area contributed by atoms with E-state index < -0.39 is 17.2 Å². The number of likely N-dealkylation sites (tertiary alicyclic amines) is 1. The van der Waals surface area contributed by atoms with Crippen molar-refractivity contribution >= 4 is 34.8 Å². The number of piperidine rings is 1. The van der Waals surface area contributed by atoms with Gasteiger partial charge in [0.15, 0.2) is 11.3 Å². The lowest BCUT2D eigenvalue weighted by molar-refractivity contribution is -0.121. The molecule has 3 aromatic heterocycles. The molecule has 4 fully saturated rings. The van der Waals surface area contributed by atoms with Crippen LogP contribution in [0.3, 0.4) is 0 Å². The number of hydrogen-bond acceptors (Lipinski definition) is 9. The summed E-state index contributed by atoms with van der Waals surface area (Å²) in [4.78, 5) is 34.6. The van der Waals surface area contributed by atoms with Crippen molar-refractivity contribution in [1.82, 2.24) is 35.0 Å². The lowest BCUT2D eigenvalue weighted by Gasteiger charge is -2.47. The summed E-state index contributed by atoms with van der Waals surface area (Å²) in [7, 11) is 1.53. The molecule has 12 nitrogen and oxygen atoms in total. The fourth-order valence-electron chi connectivity index (χ4n) is 6.45. The second-order valence-corrected chi connectivity index (χ2v) is 11.2. The summed E-state index contributed by atoms with van der Waals surface area (Å²) >= 11 is 0. The molecule has 3 aromatic rings. The average Bonchev–Trinajstić information content (AvgIpc) is 3.78. The standard InChI is InChI=1S/C26H32N10O2/c1-28-22(37)21-18(11-19(31-32-21)26(23(27)38)15-25(26)7-8-25)29-24-30-20-6-5-16(14-36(20)33-24)35-12-17(13-35)34-9-3-2-4-10-34/h5-6,11,14,17H,2-4,7-10,12-13,15H2,1H3,(H2,27,38)(H,28,37)(H,29,31,33)/t26-/m1/s1. The smallest absolute Gasteiger partial charge is 0.273 e. The quantitative estimate of drug-likeness (QED) is 0.421. The van der Waals surface area contributed by atoms with Crippen LogP contribution in [0.2, 0.25) is 0 Å². The fraction of sp³-hybridized carbons (Fsp3) is 0.538. The van der Waals surface area contributed by atoms with Crippen LogP contribution in [-0.4, -0.2) is 80.8 Å². The Morgan fingerprint density at radius 1 is 1.11 bits per heavy atom. The molecule has 4 N–H and O–H groups in total. The molecule has 12 heteroatoms. The van der Waals surface area contributed by atoms with E-state index in [0.29, 0.717) is 35.4 Å². The maximum absolute atomic E-state index is 12.5. The summed E-state index contributed by atoms with van der Waals surface area (Å²) in [6.45, 7) is 4.46. The number of nitrogens with two attached hydrogens (primary N) is 1. The van der Waals surface area contributed by atoms with Gasteiger partial charge in [-0.25, -0.2) is 4.52 Å². The second-order valence-electron chi connectivity index (χ2n) is 11.2. The largest absolute Gasteiger partial charge is 0.369 e. The molecular weight excluding hydrogens is 484 g/mol. The van der Waals surface area contributed by atoms with Crippen LogP contribution in [0, 0.1) is 5.41 Å². The molecule has 0 radical (unpaired) electrons. The SMILES string of the molecule is CNC(=O)c1nnc([C@@]2(C(N)=O)CC23CC3)cc1Nc1nc2ccc(N3CC(N4CCCCC4)C3)cn2n1. The first kappa shape index (κ1) is 23.3. The van der Waals surface area contributed by atoms with Gasteiger partial charge in [-0.05, 0) is 68.8 Å². The van der Waals surface area contributed by atoms with Gasteiger partial charge in [-0.2, -0.15) is 10.1 Å². The van der Waals surface area contributed by atoms with Crippen LogP contribution in [-0.2, 0) is 10.2 Å². The molecule has 38 heavy (non-hydrogen) atoms. The molecule has 2 saturated heterocycles. The summed E-state index contributed by atoms with van der Waals surface area (Å²) in [6, 6.07) is 6.34. The van der Waals surface area contributed by atoms with E-state index in [1.807, 2.05) is 12.3 Å². The average molecular weight is 517 g/mol. The Bertz CT molecular complexity index is 1440. The van der Waals surface area contributed by atoms with Gasteiger partial charge in [0, 0.05) is 26.2 Å². The minimum absolute atomic E-state index is 0.0963. The molecule has 0 bridgehead atoms. The summed E-state index contributed by atoms with van der Waals surface area (Å²) in [5, 5.41) is 18.8. The van der Waals surface area contributed by atoms with Crippen LogP contribution >= 0.6 is 0 Å². The highest BCUT2D eigenvalue weighted by Crippen LogP contribution is 2.78. The van der Waals surface area contributed by atoms with E-state index in [0.717, 1.165) is 31.6 Å². The number of amides is 2. The Hall–Kier alpha value is -3.80. The van der Waals surface area contributed by atoms with Crippen molar-refractivity contribution in [3.63, 3.8) is 0 Å². The van der Waals surface area contributed by atoms with Gasteiger partial charge in [0.1, 0.15) is 0 Å². The summed E-state index contributed by atoms with van der Waals surface area (Å²) < 4.78 is 1.74. The number of pyridine rings is 1. The van der Waals surface area contributed by atoms with Crippen molar-refractivity contribution in [2.75, 3.05) is 43.4 Å². The van der Waals surface area contributed by atoms with E-state index in [9.17, 15) is 9.59 Å². The van der Waals surface area contributed by atoms with E-state index in [1.54, 1.807) is 10.6 Å². The van der Waals surface area contributed by atoms with Crippen molar-refractivity contribution in [1.29, 1.82) is 0 Å². The zero-order chi connectivity index (χ0) is 26.1. The minimum atomic E-state index is -0.817. The third-order valence-corrected chi connectivity index (χ3v) is 9.03. The maximum atomic E-state index is 12.5. The Labute approximate surface area is 220 Å². The van der Waals surface area contributed by atoms with Crippen LogP contribution in [0.4, 0.5) is 17.3 Å². The molecule has 1 atom stereocenters. The number of nitrogens with one attached hydrogen (secondary N) is 2. The number of carbonyl (C=O) groups is 2. The Morgan fingerprint density at radius 3 is 2.58 bits per heavy atom. The normalized spacial score (nSPS) is 24.3. The fourth-order valence-corrected chi connectivity index (χ4v) is 6.45. The molecule has 2 saturated carbocycles. The number of fused-ring (bicyclic) bond motifs is 1. The molecule has 0 aromatic carbocycles. The van der Waals surface area contributed by atoms with Crippen LogP contribution in [0.1, 0.15) is 54.7 Å². The molecule has 2 amide bonds. The third-order valence-electron chi connectivity index (χ3n) is 9.03. The number of primary amides is 1. The highest BCUT2D eigenvalue weighted by molar-refractivity contribution is 5.98. The molecule has 2 aliphatic carbocycles. The topological polar surface area (TPSA) is 147 Å². The zero-order valence-electron chi connectivity index (χ0n) is 21.5. The van der Waals surface area contributed by atoms with Gasteiger partial charge in [-0.3, -0.25) is 14.5 Å². The first-order valence-electron chi connectivity index (χ1n) is 13.5. The summed E-state index contributed by atoms with van der Waals surface area (Å²) in [6.07, 6.45) is 8.51. The first-order valence-corrected chi connectivity index (χ1v) is 13.5. The molecule has 5 heterocycles. The third kappa shape index (κ3) is 3.53. The molecule has 0 unspecified atom stereocenters. The minimum Gasteiger partial charge on any atom is -0.369 e. The van der Waals surface area contributed by atoms with E-state index in [2.05, 4.69) is 46.8 Å². The van der Waals surface area contributed by atoms with E-state index in [-0.39, 0.29) is 11.1 Å². The monoisotopic (exact) mass is 516 g/mol. The number of anilines is 3. The van der Waals surface area contributed by atoms with Crippen molar-refractivity contribution < 1.29 is 9.59 Å². The predicted octanol–water partition coefficient (Wildman–Crippen LogP) is 1.20. The van der Waals surface area contributed by atoms with Gasteiger partial charge in [0.2, 0.25) is 11.9 Å². The highest BCUT2D eigenvalue weighted by Gasteiger charge is 2.78. The van der Waals surface area contributed by atoms with Gasteiger partial charge in [-0.1, -0.05) is 6.42 Å². The molecular formula is C26H32N10O2. The molecule has 4 aliphatic rings. The maximum Gasteiger partial charge on any atom is 0.273 e. The number of nitrogens with zero attached hydrogens (tertiary/aromatic N) is 7. The summed E-state index contributed by atoms with van der Waals surface area (Å²) in [5.74, 6) is -0.468. The van der Waals surface area contributed by atoms with Crippen molar-refractivity contribution in [3.8, 4) is 0 Å². The Balaban J connectivity index is 1.14. The number of rotatable bonds is 7. The molecule has 1 spiro atoms. The molecule has 7 rings (SSSR count).